The van der Waals surface area contributed by atoms with Gasteiger partial charge < -0.3 is 4.57 Å². The second kappa shape index (κ2) is 8.10. The van der Waals surface area contributed by atoms with Gasteiger partial charge in [0, 0.05) is 20.1 Å². The van der Waals surface area contributed by atoms with Crippen LogP contribution in [0, 0.1) is 0 Å². The van der Waals surface area contributed by atoms with Crippen LogP contribution in [0.2, 0.25) is 0 Å². The quantitative estimate of drug-likeness (QED) is 0.638. The Hall–Kier alpha value is -2.49. The molecule has 1 aromatic heterocycles. The third-order valence-corrected chi connectivity index (χ3v) is 7.81. The second-order valence-electron chi connectivity index (χ2n) is 7.00. The number of nitrogens with one attached hydrogen (secondary N) is 1. The zero-order valence-electron chi connectivity index (χ0n) is 16.0. The van der Waals surface area contributed by atoms with Gasteiger partial charge in [-0.3, -0.25) is 9.69 Å². The number of nitrogens with zero attached hydrogens (tertiary/aromatic N) is 3. The number of benzene rings is 2. The molecule has 1 atom stereocenters. The van der Waals surface area contributed by atoms with E-state index in [4.69, 9.17) is 0 Å². The summed E-state index contributed by atoms with van der Waals surface area (Å²) >= 11 is 1.50. The summed E-state index contributed by atoms with van der Waals surface area (Å²) in [4.78, 5) is 15.7. The number of hydrogen-bond acceptors (Lipinski definition) is 6. The van der Waals surface area contributed by atoms with Gasteiger partial charge in [0.1, 0.15) is 6.04 Å². The van der Waals surface area contributed by atoms with E-state index < -0.39 is 15.9 Å². The number of amides is 1. The van der Waals surface area contributed by atoms with Gasteiger partial charge in [-0.15, -0.1) is 5.10 Å². The van der Waals surface area contributed by atoms with Crippen molar-refractivity contribution in [1.82, 2.24) is 14.9 Å². The summed E-state index contributed by atoms with van der Waals surface area (Å²) in [6.07, 6.45) is 0. The summed E-state index contributed by atoms with van der Waals surface area (Å²) in [7, 11) is -1.12. The van der Waals surface area contributed by atoms with E-state index in [1.807, 2.05) is 71.1 Å². The smallest absolute Gasteiger partial charge is 0.262 e. The minimum absolute atomic E-state index is 0.0615. The molecular formula is C20H22N4O3S2. The summed E-state index contributed by atoms with van der Waals surface area (Å²) in [5.41, 5.74) is 4.57. The van der Waals surface area contributed by atoms with E-state index in [1.165, 1.54) is 11.3 Å². The Kier molecular flexibility index (Phi) is 5.53. The summed E-state index contributed by atoms with van der Waals surface area (Å²) in [5, 5.41) is 4.35. The standard InChI is InChI=1S/C20H22N4O3S2/c1-23-16-9-5-6-10-17(16)28-20(23)22-21-19(25)18(15-7-3-2-4-8-15)24-11-13-29(26,27)14-12-24/h2-10,18H,11-14H2,1H3,(H,21,25)/b22-20+. The van der Waals surface area contributed by atoms with Gasteiger partial charge >= 0.3 is 0 Å². The van der Waals surface area contributed by atoms with Crippen molar-refractivity contribution in [3.05, 3.63) is 65.0 Å². The predicted molar refractivity (Wildman–Crippen MR) is 114 cm³/mol. The van der Waals surface area contributed by atoms with Gasteiger partial charge in [-0.2, -0.15) is 0 Å². The molecule has 1 aliphatic heterocycles. The Balaban J connectivity index is 1.62. The number of thiazole rings is 1. The largest absolute Gasteiger partial charge is 0.318 e. The number of fused-ring (bicyclic) bond motifs is 1. The first-order valence-corrected chi connectivity index (χ1v) is 12.0. The topological polar surface area (TPSA) is 83.8 Å². The van der Waals surface area contributed by atoms with E-state index in [2.05, 4.69) is 10.5 Å². The average molecular weight is 431 g/mol. The molecule has 0 spiro atoms. The Morgan fingerprint density at radius 2 is 1.72 bits per heavy atom. The fourth-order valence-corrected chi connectivity index (χ4v) is 5.71. The van der Waals surface area contributed by atoms with E-state index in [9.17, 15) is 13.2 Å². The maximum atomic E-state index is 13.1. The van der Waals surface area contributed by atoms with Crippen LogP contribution in [0.1, 0.15) is 11.6 Å². The highest BCUT2D eigenvalue weighted by molar-refractivity contribution is 7.91. The molecule has 152 valence electrons. The summed E-state index contributed by atoms with van der Waals surface area (Å²) in [6.45, 7) is 0.651. The van der Waals surface area contributed by atoms with E-state index in [0.717, 1.165) is 15.8 Å². The Morgan fingerprint density at radius 1 is 1.07 bits per heavy atom. The zero-order chi connectivity index (χ0) is 20.4. The molecule has 2 heterocycles. The van der Waals surface area contributed by atoms with Crippen molar-refractivity contribution < 1.29 is 13.2 Å². The summed E-state index contributed by atoms with van der Waals surface area (Å²) in [6, 6.07) is 16.8. The van der Waals surface area contributed by atoms with Gasteiger partial charge in [-0.25, -0.2) is 13.8 Å². The Bertz CT molecular complexity index is 1190. The van der Waals surface area contributed by atoms with E-state index in [1.54, 1.807) is 0 Å². The first kappa shape index (κ1) is 19.8. The van der Waals surface area contributed by atoms with Crippen LogP contribution in [0.5, 0.6) is 0 Å². The monoisotopic (exact) mass is 430 g/mol. The van der Waals surface area contributed by atoms with E-state index in [0.29, 0.717) is 17.9 Å². The van der Waals surface area contributed by atoms with Gasteiger partial charge in [0.2, 0.25) is 4.80 Å². The van der Waals surface area contributed by atoms with Gasteiger partial charge in [-0.1, -0.05) is 53.8 Å². The van der Waals surface area contributed by atoms with Crippen molar-refractivity contribution in [1.29, 1.82) is 0 Å². The lowest BCUT2D eigenvalue weighted by Crippen LogP contribution is -2.47. The van der Waals surface area contributed by atoms with Crippen LogP contribution in [-0.4, -0.2) is 48.4 Å². The maximum Gasteiger partial charge on any atom is 0.262 e. The molecule has 3 aromatic rings. The molecule has 1 aliphatic rings. The predicted octanol–water partition coefficient (Wildman–Crippen LogP) is 1.64. The third-order valence-electron chi connectivity index (χ3n) is 5.08. The number of para-hydroxylation sites is 1. The van der Waals surface area contributed by atoms with Crippen LogP contribution >= 0.6 is 11.3 Å². The lowest BCUT2D eigenvalue weighted by molar-refractivity contribution is -0.126. The Morgan fingerprint density at radius 3 is 2.41 bits per heavy atom. The fourth-order valence-electron chi connectivity index (χ4n) is 3.50. The van der Waals surface area contributed by atoms with E-state index in [-0.39, 0.29) is 17.4 Å². The highest BCUT2D eigenvalue weighted by atomic mass is 32.2. The molecule has 4 rings (SSSR count). The molecule has 0 radical (unpaired) electrons. The van der Waals surface area contributed by atoms with Crippen LogP contribution in [0.3, 0.4) is 0 Å². The van der Waals surface area contributed by atoms with Crippen molar-refractivity contribution in [3.63, 3.8) is 0 Å². The first-order valence-electron chi connectivity index (χ1n) is 9.32. The van der Waals surface area contributed by atoms with Crippen molar-refractivity contribution in [2.75, 3.05) is 24.6 Å². The molecule has 0 bridgehead atoms. The lowest BCUT2D eigenvalue weighted by atomic mass is 10.0. The normalized spacial score (nSPS) is 18.6. The molecule has 0 saturated carbocycles. The molecular weight excluding hydrogens is 408 g/mol. The molecule has 7 nitrogen and oxygen atoms in total. The molecule has 0 aliphatic carbocycles. The molecule has 2 aromatic carbocycles. The number of sulfone groups is 1. The van der Waals surface area contributed by atoms with Crippen LogP contribution in [-0.2, 0) is 21.7 Å². The van der Waals surface area contributed by atoms with Crippen molar-refractivity contribution in [2.24, 2.45) is 12.1 Å². The van der Waals surface area contributed by atoms with Gasteiger partial charge in [0.05, 0.1) is 21.7 Å². The molecule has 9 heteroatoms. The molecule has 1 unspecified atom stereocenters. The summed E-state index contributed by atoms with van der Waals surface area (Å²) < 4.78 is 26.6. The lowest BCUT2D eigenvalue weighted by Gasteiger charge is -2.33. The minimum Gasteiger partial charge on any atom is -0.318 e. The third kappa shape index (κ3) is 4.26. The zero-order valence-corrected chi connectivity index (χ0v) is 17.6. The van der Waals surface area contributed by atoms with Crippen LogP contribution in [0.15, 0.2) is 59.7 Å². The minimum atomic E-state index is -3.03. The first-order chi connectivity index (χ1) is 13.9. The van der Waals surface area contributed by atoms with E-state index >= 15 is 0 Å². The number of carbonyl (C=O) groups is 1. The average Bonchev–Trinajstić information content (AvgIpc) is 3.05. The van der Waals surface area contributed by atoms with Gasteiger partial charge in [0.25, 0.3) is 5.91 Å². The number of aromatic nitrogens is 1. The molecule has 1 N–H and O–H groups in total. The van der Waals surface area contributed by atoms with Crippen molar-refractivity contribution >= 4 is 37.3 Å². The molecule has 1 amide bonds. The number of carbonyl (C=O) groups excluding carboxylic acids is 1. The fraction of sp³-hybridized carbons (Fsp3) is 0.300. The Labute approximate surface area is 173 Å². The maximum absolute atomic E-state index is 13.1. The van der Waals surface area contributed by atoms with Crippen LogP contribution < -0.4 is 10.2 Å². The van der Waals surface area contributed by atoms with Gasteiger partial charge in [-0.05, 0) is 17.7 Å². The van der Waals surface area contributed by atoms with Crippen LogP contribution in [0.25, 0.3) is 10.2 Å². The molecule has 1 fully saturated rings. The van der Waals surface area contributed by atoms with Crippen molar-refractivity contribution in [2.45, 2.75) is 6.04 Å². The SMILES string of the molecule is Cn1/c(=N\NC(=O)C(c2ccccc2)N2CCS(=O)(=O)CC2)sc2ccccc21. The highest BCUT2D eigenvalue weighted by Gasteiger charge is 2.32. The van der Waals surface area contributed by atoms with Gasteiger partial charge in [0.15, 0.2) is 9.84 Å². The molecule has 1 saturated heterocycles. The second-order valence-corrected chi connectivity index (χ2v) is 10.3. The number of rotatable bonds is 4. The highest BCUT2D eigenvalue weighted by Crippen LogP contribution is 2.23. The summed E-state index contributed by atoms with van der Waals surface area (Å²) in [5.74, 6) is -0.147. The van der Waals surface area contributed by atoms with Crippen molar-refractivity contribution in [3.8, 4) is 0 Å². The van der Waals surface area contributed by atoms with Crippen LogP contribution in [0.4, 0.5) is 0 Å². The number of hydrogen-bond donors (Lipinski definition) is 1. The molecule has 29 heavy (non-hydrogen) atoms. The number of aryl methyl sites for hydroxylation is 1.